The maximum Gasteiger partial charge on any atom is 0.142 e. The molecule has 0 spiro atoms. The van der Waals surface area contributed by atoms with Crippen LogP contribution < -0.4 is 4.74 Å². The van der Waals surface area contributed by atoms with Crippen LogP contribution in [-0.2, 0) is 12.8 Å². The quantitative estimate of drug-likeness (QED) is 0.694. The van der Waals surface area contributed by atoms with E-state index in [1.165, 1.54) is 27.8 Å². The molecule has 0 unspecified atom stereocenters. The van der Waals surface area contributed by atoms with E-state index in [1.54, 1.807) is 7.11 Å². The minimum Gasteiger partial charge on any atom is -0.495 e. The number of fused-ring (bicyclic) bond motifs is 5. The lowest BCUT2D eigenvalue weighted by Gasteiger charge is -2.16. The molecule has 1 heterocycles. The summed E-state index contributed by atoms with van der Waals surface area (Å²) in [6.45, 7) is 0. The first-order valence-corrected chi connectivity index (χ1v) is 6.64. The molecule has 3 aromatic rings. The summed E-state index contributed by atoms with van der Waals surface area (Å²) in [6.07, 6.45) is 2.18. The van der Waals surface area contributed by atoms with Crippen LogP contribution in [0.2, 0.25) is 0 Å². The fourth-order valence-electron chi connectivity index (χ4n) is 3.15. The number of hydrogen-bond donors (Lipinski definition) is 1. The van der Waals surface area contributed by atoms with E-state index in [2.05, 4.69) is 41.4 Å². The molecular formula is C17H15NO. The van der Waals surface area contributed by atoms with Crippen LogP contribution in [0.4, 0.5) is 0 Å². The first kappa shape index (κ1) is 10.7. The first-order valence-electron chi connectivity index (χ1n) is 6.64. The number of H-pyrrole nitrogens is 1. The number of methoxy groups -OCH3 is 1. The Morgan fingerprint density at radius 2 is 1.89 bits per heavy atom. The Hall–Kier alpha value is -2.22. The highest BCUT2D eigenvalue weighted by Crippen LogP contribution is 2.41. The molecule has 0 bridgehead atoms. The molecule has 4 rings (SSSR count). The summed E-state index contributed by atoms with van der Waals surface area (Å²) < 4.78 is 5.46. The maximum absolute atomic E-state index is 5.46. The molecule has 2 nitrogen and oxygen atoms in total. The Morgan fingerprint density at radius 1 is 1.00 bits per heavy atom. The predicted molar refractivity (Wildman–Crippen MR) is 77.7 cm³/mol. The van der Waals surface area contributed by atoms with Gasteiger partial charge in [-0.3, -0.25) is 0 Å². The average molecular weight is 249 g/mol. The molecule has 0 atom stereocenters. The third-order valence-corrected chi connectivity index (χ3v) is 4.02. The zero-order chi connectivity index (χ0) is 12.8. The van der Waals surface area contributed by atoms with E-state index >= 15 is 0 Å². The topological polar surface area (TPSA) is 25.0 Å². The Kier molecular flexibility index (Phi) is 2.18. The maximum atomic E-state index is 5.46. The highest BCUT2D eigenvalue weighted by molar-refractivity contribution is 6.01. The summed E-state index contributed by atoms with van der Waals surface area (Å²) in [5, 5.41) is 1.27. The molecule has 1 aromatic heterocycles. The van der Waals surface area contributed by atoms with Crippen LogP contribution in [0.1, 0.15) is 11.3 Å². The van der Waals surface area contributed by atoms with Crippen molar-refractivity contribution < 1.29 is 4.74 Å². The molecule has 1 N–H and O–H groups in total. The van der Waals surface area contributed by atoms with Gasteiger partial charge in [0.1, 0.15) is 5.75 Å². The van der Waals surface area contributed by atoms with Crippen molar-refractivity contribution >= 4 is 10.9 Å². The van der Waals surface area contributed by atoms with E-state index in [0.717, 1.165) is 24.1 Å². The average Bonchev–Trinajstić information content (AvgIpc) is 2.86. The predicted octanol–water partition coefficient (Wildman–Crippen LogP) is 3.94. The molecule has 2 heteroatoms. The molecule has 2 aromatic carbocycles. The van der Waals surface area contributed by atoms with Gasteiger partial charge in [0.05, 0.1) is 12.6 Å². The van der Waals surface area contributed by atoms with Gasteiger partial charge in [-0.1, -0.05) is 36.4 Å². The number of nitrogens with one attached hydrogen (secondary N) is 1. The molecule has 1 aliphatic carbocycles. The van der Waals surface area contributed by atoms with Gasteiger partial charge >= 0.3 is 0 Å². The van der Waals surface area contributed by atoms with Crippen LogP contribution >= 0.6 is 0 Å². The largest absolute Gasteiger partial charge is 0.495 e. The van der Waals surface area contributed by atoms with Gasteiger partial charge in [-0.25, -0.2) is 0 Å². The normalized spacial score (nSPS) is 13.1. The first-order chi connectivity index (χ1) is 9.38. The number of aryl methyl sites for hydroxylation is 2. The zero-order valence-corrected chi connectivity index (χ0v) is 10.9. The summed E-state index contributed by atoms with van der Waals surface area (Å²) in [7, 11) is 1.72. The monoisotopic (exact) mass is 249 g/mol. The number of hydrogen-bond acceptors (Lipinski definition) is 1. The molecule has 0 fully saturated rings. The zero-order valence-electron chi connectivity index (χ0n) is 10.9. The van der Waals surface area contributed by atoms with Crippen molar-refractivity contribution in [2.24, 2.45) is 0 Å². The van der Waals surface area contributed by atoms with Crippen LogP contribution in [-0.4, -0.2) is 12.1 Å². The highest BCUT2D eigenvalue weighted by Gasteiger charge is 2.21. The lowest BCUT2D eigenvalue weighted by atomic mass is 9.88. The Labute approximate surface area is 112 Å². The Morgan fingerprint density at radius 3 is 2.79 bits per heavy atom. The van der Waals surface area contributed by atoms with E-state index in [9.17, 15) is 0 Å². The molecule has 0 radical (unpaired) electrons. The van der Waals surface area contributed by atoms with Crippen LogP contribution in [0.5, 0.6) is 5.75 Å². The molecule has 0 aliphatic heterocycles. The number of rotatable bonds is 1. The summed E-state index contributed by atoms with van der Waals surface area (Å²) in [5.74, 6) is 0.921. The summed E-state index contributed by atoms with van der Waals surface area (Å²) >= 11 is 0. The van der Waals surface area contributed by atoms with Crippen molar-refractivity contribution in [2.75, 3.05) is 7.11 Å². The van der Waals surface area contributed by atoms with Gasteiger partial charge in [-0.15, -0.1) is 0 Å². The third kappa shape index (κ3) is 1.43. The van der Waals surface area contributed by atoms with Crippen LogP contribution in [0.3, 0.4) is 0 Å². The standard InChI is InChI=1S/C17H15NO/c1-19-15-8-4-7-13-16-12-6-3-2-5-11(12)9-10-14(16)18-17(13)15/h2-8,18H,9-10H2,1H3. The summed E-state index contributed by atoms with van der Waals surface area (Å²) in [6, 6.07) is 14.9. The molecule has 0 amide bonds. The number of ether oxygens (including phenoxy) is 1. The molecule has 0 saturated heterocycles. The molecule has 19 heavy (non-hydrogen) atoms. The van der Waals surface area contributed by atoms with Crippen LogP contribution in [0, 0.1) is 0 Å². The molecule has 1 aliphatic rings. The third-order valence-electron chi connectivity index (χ3n) is 4.02. The fraction of sp³-hybridized carbons (Fsp3) is 0.176. The minimum absolute atomic E-state index is 0.921. The van der Waals surface area contributed by atoms with Gasteiger partial charge in [-0.05, 0) is 30.0 Å². The van der Waals surface area contributed by atoms with E-state index in [4.69, 9.17) is 4.74 Å². The van der Waals surface area contributed by atoms with Crippen molar-refractivity contribution in [3.63, 3.8) is 0 Å². The second kappa shape index (κ2) is 3.89. The number of benzene rings is 2. The second-order valence-electron chi connectivity index (χ2n) is 5.02. The number of aromatic amines is 1. The van der Waals surface area contributed by atoms with Crippen LogP contribution in [0.15, 0.2) is 42.5 Å². The number of para-hydroxylation sites is 1. The fourth-order valence-corrected chi connectivity index (χ4v) is 3.15. The lowest BCUT2D eigenvalue weighted by Crippen LogP contribution is -2.02. The van der Waals surface area contributed by atoms with Gasteiger partial charge in [-0.2, -0.15) is 0 Å². The van der Waals surface area contributed by atoms with Gasteiger partial charge < -0.3 is 9.72 Å². The van der Waals surface area contributed by atoms with Crippen molar-refractivity contribution in [1.82, 2.24) is 4.98 Å². The summed E-state index contributed by atoms with van der Waals surface area (Å²) in [5.41, 5.74) is 6.61. The second-order valence-corrected chi connectivity index (χ2v) is 5.02. The summed E-state index contributed by atoms with van der Waals surface area (Å²) in [4.78, 5) is 3.55. The van der Waals surface area contributed by atoms with Crippen molar-refractivity contribution in [3.05, 3.63) is 53.7 Å². The van der Waals surface area contributed by atoms with Crippen molar-refractivity contribution in [1.29, 1.82) is 0 Å². The van der Waals surface area contributed by atoms with Crippen molar-refractivity contribution in [3.8, 4) is 16.9 Å². The van der Waals surface area contributed by atoms with E-state index in [-0.39, 0.29) is 0 Å². The van der Waals surface area contributed by atoms with E-state index in [1.807, 2.05) is 6.07 Å². The molecule has 0 saturated carbocycles. The number of aromatic nitrogens is 1. The Balaban J connectivity index is 2.10. The lowest BCUT2D eigenvalue weighted by molar-refractivity contribution is 0.419. The minimum atomic E-state index is 0.921. The van der Waals surface area contributed by atoms with Gasteiger partial charge in [0, 0.05) is 16.6 Å². The van der Waals surface area contributed by atoms with E-state index < -0.39 is 0 Å². The highest BCUT2D eigenvalue weighted by atomic mass is 16.5. The van der Waals surface area contributed by atoms with Gasteiger partial charge in [0.15, 0.2) is 0 Å². The van der Waals surface area contributed by atoms with Gasteiger partial charge in [0.2, 0.25) is 0 Å². The molecular weight excluding hydrogens is 234 g/mol. The van der Waals surface area contributed by atoms with Crippen molar-refractivity contribution in [2.45, 2.75) is 12.8 Å². The van der Waals surface area contributed by atoms with E-state index in [0.29, 0.717) is 0 Å². The van der Waals surface area contributed by atoms with Gasteiger partial charge in [0.25, 0.3) is 0 Å². The smallest absolute Gasteiger partial charge is 0.142 e. The molecule has 94 valence electrons. The Bertz CT molecular complexity index is 770. The SMILES string of the molecule is COc1cccc2c3c([nH]c12)CCc1ccccc1-3. The van der Waals surface area contributed by atoms with Crippen LogP contribution in [0.25, 0.3) is 22.0 Å².